The van der Waals surface area contributed by atoms with Gasteiger partial charge in [-0.3, -0.25) is 19.2 Å². The Balaban J connectivity index is 4.59. The van der Waals surface area contributed by atoms with Gasteiger partial charge in [-0.15, -0.1) is 0 Å². The molecule has 0 heterocycles. The number of carboxylic acids is 1. The van der Waals surface area contributed by atoms with Crippen LogP contribution >= 0.6 is 0 Å². The summed E-state index contributed by atoms with van der Waals surface area (Å²) in [6.07, 6.45) is 3.50. The molecule has 3 N–H and O–H groups in total. The molecule has 0 rings (SSSR count). The van der Waals surface area contributed by atoms with Crippen molar-refractivity contribution in [3.8, 4) is 0 Å². The van der Waals surface area contributed by atoms with E-state index in [0.29, 0.717) is 18.8 Å². The maximum Gasteiger partial charge on any atom is 0.316 e. The van der Waals surface area contributed by atoms with Crippen molar-refractivity contribution in [1.82, 2.24) is 10.6 Å². The highest BCUT2D eigenvalue weighted by Crippen LogP contribution is 2.21. The second-order valence-electron chi connectivity index (χ2n) is 8.46. The van der Waals surface area contributed by atoms with Crippen LogP contribution < -0.4 is 10.6 Å². The molecule has 0 aliphatic heterocycles. The number of hydrogen-bond acceptors (Lipinski definition) is 4. The van der Waals surface area contributed by atoms with Crippen LogP contribution in [0.3, 0.4) is 0 Å². The van der Waals surface area contributed by atoms with Crippen LogP contribution in [0.2, 0.25) is 0 Å². The topological polar surface area (TPSA) is 113 Å². The molecule has 2 amide bonds. The van der Waals surface area contributed by atoms with Crippen LogP contribution in [0, 0.1) is 17.3 Å². The van der Waals surface area contributed by atoms with Gasteiger partial charge in [-0.2, -0.15) is 0 Å². The van der Waals surface area contributed by atoms with E-state index in [-0.39, 0.29) is 18.4 Å². The molecule has 0 aliphatic carbocycles. The average molecular weight is 385 g/mol. The van der Waals surface area contributed by atoms with Crippen LogP contribution in [0.1, 0.15) is 73.6 Å². The van der Waals surface area contributed by atoms with Crippen molar-refractivity contribution in [2.24, 2.45) is 17.3 Å². The summed E-state index contributed by atoms with van der Waals surface area (Å²) in [5.41, 5.74) is -1.59. The van der Waals surface area contributed by atoms with Gasteiger partial charge in [0.25, 0.3) is 0 Å². The summed E-state index contributed by atoms with van der Waals surface area (Å²) >= 11 is 0. The molecule has 0 saturated heterocycles. The van der Waals surface area contributed by atoms with Crippen LogP contribution in [0.25, 0.3) is 0 Å². The van der Waals surface area contributed by atoms with Gasteiger partial charge in [-0.25, -0.2) is 0 Å². The summed E-state index contributed by atoms with van der Waals surface area (Å²) < 4.78 is 0. The van der Waals surface area contributed by atoms with Gasteiger partial charge in [-0.1, -0.05) is 40.5 Å². The normalized spacial score (nSPS) is 12.7. The molecule has 0 aromatic heterocycles. The number of carbonyl (C=O) groups is 4. The molecule has 1 atom stereocenters. The smallest absolute Gasteiger partial charge is 0.316 e. The quantitative estimate of drug-likeness (QED) is 0.334. The van der Waals surface area contributed by atoms with Gasteiger partial charge in [0, 0.05) is 6.42 Å². The maximum atomic E-state index is 12.6. The largest absolute Gasteiger partial charge is 0.481 e. The fourth-order valence-electron chi connectivity index (χ4n) is 2.59. The molecular formula is C20H36N2O5. The molecule has 0 bridgehead atoms. The molecule has 0 aliphatic rings. The summed E-state index contributed by atoms with van der Waals surface area (Å²) in [6, 6.07) is -0.897. The number of amides is 2. The summed E-state index contributed by atoms with van der Waals surface area (Å²) in [4.78, 5) is 47.8. The van der Waals surface area contributed by atoms with Crippen LogP contribution in [0.5, 0.6) is 0 Å². The van der Waals surface area contributed by atoms with Crippen LogP contribution in [-0.4, -0.2) is 41.3 Å². The zero-order valence-corrected chi connectivity index (χ0v) is 17.6. The van der Waals surface area contributed by atoms with E-state index in [9.17, 15) is 24.3 Å². The first-order valence-corrected chi connectivity index (χ1v) is 9.71. The number of ketones is 1. The molecular weight excluding hydrogens is 348 g/mol. The molecule has 0 fully saturated rings. The van der Waals surface area contributed by atoms with Gasteiger partial charge in [0.15, 0.2) is 5.78 Å². The van der Waals surface area contributed by atoms with Gasteiger partial charge in [0.05, 0.1) is 12.6 Å². The Hall–Kier alpha value is -1.92. The Kier molecular flexibility index (Phi) is 10.9. The Bertz CT molecular complexity index is 526. The number of carboxylic acid groups (broad SMARTS) is 1. The number of nitrogens with one attached hydrogen (secondary N) is 2. The summed E-state index contributed by atoms with van der Waals surface area (Å²) in [7, 11) is 0. The van der Waals surface area contributed by atoms with E-state index in [1.807, 2.05) is 13.8 Å². The SMILES string of the molecule is CC(C)CCCCC(=O)NCC(=O)NC(CC(C)C)C(=O)C(C)(C)C(=O)O. The van der Waals surface area contributed by atoms with E-state index in [0.717, 1.165) is 19.3 Å². The third kappa shape index (κ3) is 10.1. The molecule has 0 spiro atoms. The van der Waals surface area contributed by atoms with Gasteiger partial charge < -0.3 is 15.7 Å². The fourth-order valence-corrected chi connectivity index (χ4v) is 2.59. The molecule has 0 saturated carbocycles. The molecule has 7 heteroatoms. The lowest BCUT2D eigenvalue weighted by molar-refractivity contribution is -0.154. The Morgan fingerprint density at radius 3 is 2.00 bits per heavy atom. The van der Waals surface area contributed by atoms with E-state index in [4.69, 9.17) is 0 Å². The molecule has 1 unspecified atom stereocenters. The number of Topliss-reactive ketones (excluding diaryl/α,β-unsaturated/α-hetero) is 1. The first-order chi connectivity index (χ1) is 12.4. The maximum absolute atomic E-state index is 12.6. The molecule has 156 valence electrons. The van der Waals surface area contributed by atoms with E-state index in [2.05, 4.69) is 24.5 Å². The fraction of sp³-hybridized carbons (Fsp3) is 0.800. The predicted octanol–water partition coefficient (Wildman–Crippen LogP) is 2.53. The minimum atomic E-state index is -1.59. The summed E-state index contributed by atoms with van der Waals surface area (Å²) in [5, 5.41) is 14.4. The second-order valence-corrected chi connectivity index (χ2v) is 8.46. The minimum Gasteiger partial charge on any atom is -0.481 e. The van der Waals surface area contributed by atoms with Crippen molar-refractivity contribution >= 4 is 23.6 Å². The van der Waals surface area contributed by atoms with Crippen molar-refractivity contribution in [1.29, 1.82) is 0 Å². The molecule has 0 radical (unpaired) electrons. The van der Waals surface area contributed by atoms with Crippen molar-refractivity contribution in [2.75, 3.05) is 6.54 Å². The summed E-state index contributed by atoms with van der Waals surface area (Å²) in [6.45, 7) is 10.5. The predicted molar refractivity (Wildman–Crippen MR) is 104 cm³/mol. The first kappa shape index (κ1) is 25.1. The van der Waals surface area contributed by atoms with Crippen molar-refractivity contribution in [2.45, 2.75) is 79.7 Å². The number of carbonyl (C=O) groups excluding carboxylic acids is 3. The minimum absolute atomic E-state index is 0.0967. The van der Waals surface area contributed by atoms with Crippen molar-refractivity contribution in [3.05, 3.63) is 0 Å². The Morgan fingerprint density at radius 2 is 1.52 bits per heavy atom. The number of rotatable bonds is 13. The van der Waals surface area contributed by atoms with Gasteiger partial charge in [-0.05, 0) is 38.5 Å². The van der Waals surface area contributed by atoms with Gasteiger partial charge >= 0.3 is 5.97 Å². The number of hydrogen-bond donors (Lipinski definition) is 3. The monoisotopic (exact) mass is 384 g/mol. The molecule has 0 aromatic carbocycles. The summed E-state index contributed by atoms with van der Waals surface area (Å²) in [5.74, 6) is -1.77. The van der Waals surface area contributed by atoms with Gasteiger partial charge in [0.2, 0.25) is 11.8 Å². The van der Waals surface area contributed by atoms with E-state index in [1.54, 1.807) is 0 Å². The van der Waals surface area contributed by atoms with Crippen LogP contribution in [0.15, 0.2) is 0 Å². The third-order valence-corrected chi connectivity index (χ3v) is 4.39. The Morgan fingerprint density at radius 1 is 0.926 bits per heavy atom. The third-order valence-electron chi connectivity index (χ3n) is 4.39. The highest BCUT2D eigenvalue weighted by molar-refractivity contribution is 6.06. The first-order valence-electron chi connectivity index (χ1n) is 9.71. The van der Waals surface area contributed by atoms with Crippen LogP contribution in [0.4, 0.5) is 0 Å². The standard InChI is InChI=1S/C20H36N2O5/c1-13(2)9-7-8-10-16(23)21-12-17(24)22-15(11-14(3)4)18(25)20(5,6)19(26)27/h13-15H,7-12H2,1-6H3,(H,21,23)(H,22,24)(H,26,27). The van der Waals surface area contributed by atoms with E-state index in [1.165, 1.54) is 13.8 Å². The number of unbranched alkanes of at least 4 members (excludes halogenated alkanes) is 1. The molecule has 7 nitrogen and oxygen atoms in total. The van der Waals surface area contributed by atoms with E-state index < -0.39 is 29.1 Å². The highest BCUT2D eigenvalue weighted by atomic mass is 16.4. The zero-order chi connectivity index (χ0) is 21.2. The highest BCUT2D eigenvalue weighted by Gasteiger charge is 2.40. The average Bonchev–Trinajstić information content (AvgIpc) is 2.54. The van der Waals surface area contributed by atoms with E-state index >= 15 is 0 Å². The van der Waals surface area contributed by atoms with Crippen molar-refractivity contribution in [3.63, 3.8) is 0 Å². The van der Waals surface area contributed by atoms with Crippen LogP contribution in [-0.2, 0) is 19.2 Å². The lowest BCUT2D eigenvalue weighted by atomic mass is 9.82. The molecule has 0 aromatic rings. The Labute approximate surface area is 162 Å². The molecule has 27 heavy (non-hydrogen) atoms. The van der Waals surface area contributed by atoms with Gasteiger partial charge in [0.1, 0.15) is 5.41 Å². The second kappa shape index (κ2) is 11.7. The van der Waals surface area contributed by atoms with Crippen molar-refractivity contribution < 1.29 is 24.3 Å². The number of aliphatic carboxylic acids is 1. The zero-order valence-electron chi connectivity index (χ0n) is 17.6. The lowest BCUT2D eigenvalue weighted by Crippen LogP contribution is -2.51. The lowest BCUT2D eigenvalue weighted by Gasteiger charge is -2.26.